The van der Waals surface area contributed by atoms with E-state index in [1.54, 1.807) is 0 Å². The fourth-order valence-electron chi connectivity index (χ4n) is 10.2. The van der Waals surface area contributed by atoms with E-state index in [0.717, 1.165) is 11.5 Å². The number of thiophene rings is 1. The first-order valence-electron chi connectivity index (χ1n) is 22.8. The molecule has 3 nitrogen and oxygen atoms in total. The van der Waals surface area contributed by atoms with Crippen molar-refractivity contribution in [3.05, 3.63) is 148 Å². The molecule has 0 saturated carbocycles. The van der Waals surface area contributed by atoms with Crippen LogP contribution in [-0.4, -0.2) is 6.71 Å². The molecule has 0 fully saturated rings. The molecule has 6 aromatic carbocycles. The third kappa shape index (κ3) is 6.68. The Morgan fingerprint density at radius 3 is 1.71 bits per heavy atom. The van der Waals surface area contributed by atoms with Gasteiger partial charge in [-0.1, -0.05) is 132 Å². The van der Waals surface area contributed by atoms with Crippen LogP contribution in [0.25, 0.3) is 32.2 Å². The number of hydrogen-bond acceptors (Lipinski definition) is 4. The quantitative estimate of drug-likeness (QED) is 0.165. The maximum atomic E-state index is 7.36. The fraction of sp³-hybridized carbons (Fsp3) is 0.310. The van der Waals surface area contributed by atoms with E-state index in [1.807, 2.05) is 11.3 Å². The topological polar surface area (TPSA) is 19.6 Å². The number of anilines is 6. The minimum Gasteiger partial charge on any atom is -0.440 e. The van der Waals surface area contributed by atoms with E-state index in [1.165, 1.54) is 105 Å². The number of fused-ring (bicyclic) bond motifs is 7. The van der Waals surface area contributed by atoms with Gasteiger partial charge in [-0.15, -0.1) is 11.3 Å². The Morgan fingerprint density at radius 1 is 0.508 bits per heavy atom. The predicted octanol–water partition coefficient (Wildman–Crippen LogP) is 15.2. The van der Waals surface area contributed by atoms with Crippen LogP contribution in [0.4, 0.5) is 34.3 Å². The standard InChI is InChI=1S/C58H61BN2OS/c1-34-27-36(44-33-63-50-18-16-15-17-42(44)50)28-35(2)53(34)61-48-32-40(58(12,13)14)31-47-52(48)59(51-43-29-38(56(6,7)8)22-26-49(43)62-54(51)61)45-30-39(57(9,10)11)21-25-46(45)60(47)41-23-19-37(20-24-41)55(3,4)5/h15-33H,1-14H3. The molecule has 0 N–H and O–H groups in total. The number of hydrogen-bond donors (Lipinski definition) is 0. The number of rotatable bonds is 3. The van der Waals surface area contributed by atoms with E-state index >= 15 is 0 Å². The SMILES string of the molecule is Cc1cc(-c2csc3ccccc23)cc(C)c1N1c2cc(C(C)(C)C)cc3c2B(c2cc(C(C)(C)C)ccc2N3c2ccc(C(C)(C)C)cc2)c2c1oc1ccc(C(C)(C)C)cc21. The first-order chi connectivity index (χ1) is 29.6. The summed E-state index contributed by atoms with van der Waals surface area (Å²) < 4.78 is 8.67. The zero-order valence-electron chi connectivity index (χ0n) is 39.8. The zero-order chi connectivity index (χ0) is 44.7. The molecule has 63 heavy (non-hydrogen) atoms. The lowest BCUT2D eigenvalue weighted by Gasteiger charge is -2.44. The molecule has 0 bridgehead atoms. The summed E-state index contributed by atoms with van der Waals surface area (Å²) >= 11 is 1.82. The maximum Gasteiger partial charge on any atom is 0.257 e. The molecule has 10 rings (SSSR count). The Balaban J connectivity index is 1.33. The lowest BCUT2D eigenvalue weighted by Crippen LogP contribution is -2.61. The van der Waals surface area contributed by atoms with Crippen molar-refractivity contribution in [1.82, 2.24) is 0 Å². The van der Waals surface area contributed by atoms with Gasteiger partial charge in [0.25, 0.3) is 6.71 Å². The van der Waals surface area contributed by atoms with Crippen LogP contribution >= 0.6 is 11.3 Å². The van der Waals surface area contributed by atoms with Crippen LogP contribution in [0, 0.1) is 13.8 Å². The summed E-state index contributed by atoms with van der Waals surface area (Å²) in [4.78, 5) is 5.08. The zero-order valence-corrected chi connectivity index (χ0v) is 40.6. The molecule has 0 aliphatic carbocycles. The van der Waals surface area contributed by atoms with Crippen molar-refractivity contribution in [2.75, 3.05) is 9.80 Å². The lowest BCUT2D eigenvalue weighted by atomic mass is 9.33. The number of furan rings is 1. The van der Waals surface area contributed by atoms with Gasteiger partial charge < -0.3 is 9.32 Å². The molecule has 2 aromatic heterocycles. The first kappa shape index (κ1) is 41.5. The van der Waals surface area contributed by atoms with E-state index in [9.17, 15) is 0 Å². The van der Waals surface area contributed by atoms with Gasteiger partial charge in [0.2, 0.25) is 5.88 Å². The molecule has 0 atom stereocenters. The first-order valence-corrected chi connectivity index (χ1v) is 23.7. The normalized spacial score (nSPS) is 14.1. The molecule has 0 radical (unpaired) electrons. The second-order valence-corrected chi connectivity index (χ2v) is 23.4. The van der Waals surface area contributed by atoms with Gasteiger partial charge in [0.1, 0.15) is 5.58 Å². The highest BCUT2D eigenvalue weighted by molar-refractivity contribution is 7.17. The highest BCUT2D eigenvalue weighted by Gasteiger charge is 2.48. The van der Waals surface area contributed by atoms with Crippen LogP contribution in [0.3, 0.4) is 0 Å². The molecule has 8 aromatic rings. The average molecular weight is 845 g/mol. The van der Waals surface area contributed by atoms with Gasteiger partial charge in [-0.3, -0.25) is 4.90 Å². The number of aryl methyl sites for hydroxylation is 2. The minimum atomic E-state index is -0.130. The van der Waals surface area contributed by atoms with Crippen molar-refractivity contribution >= 4 is 89.8 Å². The van der Waals surface area contributed by atoms with Gasteiger partial charge in [-0.2, -0.15) is 0 Å². The molecule has 2 aliphatic rings. The number of benzene rings is 6. The van der Waals surface area contributed by atoms with Crippen LogP contribution in [0.15, 0.2) is 119 Å². The Bertz CT molecular complexity index is 3110. The molecule has 0 unspecified atom stereocenters. The molecule has 2 aliphatic heterocycles. The summed E-state index contributed by atoms with van der Waals surface area (Å²) in [6, 6.07) is 42.1. The summed E-state index contributed by atoms with van der Waals surface area (Å²) in [6.07, 6.45) is 0. The molecular weight excluding hydrogens is 784 g/mol. The smallest absolute Gasteiger partial charge is 0.257 e. The third-order valence-electron chi connectivity index (χ3n) is 13.8. The molecule has 0 saturated heterocycles. The Morgan fingerprint density at radius 2 is 1.08 bits per heavy atom. The van der Waals surface area contributed by atoms with E-state index in [-0.39, 0.29) is 28.4 Å². The average Bonchev–Trinajstić information content (AvgIpc) is 3.81. The summed E-state index contributed by atoms with van der Waals surface area (Å²) in [6.45, 7) is 32.4. The maximum absolute atomic E-state index is 7.36. The highest BCUT2D eigenvalue weighted by atomic mass is 32.1. The van der Waals surface area contributed by atoms with Crippen LogP contribution in [0.5, 0.6) is 0 Å². The van der Waals surface area contributed by atoms with Crippen molar-refractivity contribution in [2.24, 2.45) is 0 Å². The molecule has 0 spiro atoms. The Hall–Kier alpha value is -5.52. The van der Waals surface area contributed by atoms with Gasteiger partial charge in [0.15, 0.2) is 0 Å². The molecule has 0 amide bonds. The largest absolute Gasteiger partial charge is 0.440 e. The van der Waals surface area contributed by atoms with Crippen molar-refractivity contribution in [1.29, 1.82) is 0 Å². The second kappa shape index (κ2) is 14.0. The van der Waals surface area contributed by atoms with Crippen LogP contribution in [0.1, 0.15) is 116 Å². The van der Waals surface area contributed by atoms with Crippen molar-refractivity contribution in [3.8, 4) is 11.1 Å². The van der Waals surface area contributed by atoms with Crippen LogP contribution < -0.4 is 26.2 Å². The Kier molecular flexibility index (Phi) is 9.21. The molecular formula is C58H61BN2OS. The molecule has 318 valence electrons. The molecule has 5 heteroatoms. The monoisotopic (exact) mass is 844 g/mol. The van der Waals surface area contributed by atoms with E-state index in [0.29, 0.717) is 0 Å². The van der Waals surface area contributed by atoms with Gasteiger partial charge >= 0.3 is 0 Å². The summed E-state index contributed by atoms with van der Waals surface area (Å²) in [7, 11) is 0. The predicted molar refractivity (Wildman–Crippen MR) is 275 cm³/mol. The van der Waals surface area contributed by atoms with Gasteiger partial charge in [0.05, 0.1) is 5.69 Å². The van der Waals surface area contributed by atoms with Crippen molar-refractivity contribution < 1.29 is 4.42 Å². The summed E-state index contributed by atoms with van der Waals surface area (Å²) in [5, 5.41) is 4.82. The van der Waals surface area contributed by atoms with Crippen LogP contribution in [0.2, 0.25) is 0 Å². The Labute approximate surface area is 379 Å². The van der Waals surface area contributed by atoms with E-state index in [2.05, 4.69) is 221 Å². The second-order valence-electron chi connectivity index (χ2n) is 22.5. The molecule has 4 heterocycles. The van der Waals surface area contributed by atoms with E-state index < -0.39 is 0 Å². The van der Waals surface area contributed by atoms with Crippen molar-refractivity contribution in [3.63, 3.8) is 0 Å². The summed E-state index contributed by atoms with van der Waals surface area (Å²) in [5.74, 6) is 0.917. The van der Waals surface area contributed by atoms with Gasteiger partial charge in [-0.05, 0) is 151 Å². The number of nitrogens with zero attached hydrogens (tertiary/aromatic N) is 2. The third-order valence-corrected chi connectivity index (χ3v) is 14.7. The summed E-state index contributed by atoms with van der Waals surface area (Å²) in [5.41, 5.74) is 20.9. The highest BCUT2D eigenvalue weighted by Crippen LogP contribution is 2.50. The van der Waals surface area contributed by atoms with Crippen molar-refractivity contribution in [2.45, 2.75) is 119 Å². The fourth-order valence-corrected chi connectivity index (χ4v) is 11.1. The lowest BCUT2D eigenvalue weighted by molar-refractivity contribution is 0.588. The minimum absolute atomic E-state index is 0.0356. The van der Waals surface area contributed by atoms with Gasteiger partial charge in [0, 0.05) is 49.2 Å². The van der Waals surface area contributed by atoms with E-state index in [4.69, 9.17) is 4.42 Å². The van der Waals surface area contributed by atoms with Gasteiger partial charge in [-0.25, -0.2) is 0 Å². The van der Waals surface area contributed by atoms with Crippen LogP contribution in [-0.2, 0) is 21.7 Å².